The van der Waals surface area contributed by atoms with Crippen LogP contribution in [0.2, 0.25) is 0 Å². The van der Waals surface area contributed by atoms with Gasteiger partial charge in [0.2, 0.25) is 0 Å². The Balaban J connectivity index is 1.59. The molecule has 0 aromatic rings. The number of carbonyl (C=O) groups excluding carboxylic acids is 1. The molecule has 4 saturated carbocycles. The summed E-state index contributed by atoms with van der Waals surface area (Å²) in [6, 6.07) is 0. The summed E-state index contributed by atoms with van der Waals surface area (Å²) in [7, 11) is 4.86. The molecule has 0 aromatic heterocycles. The number of ether oxygens (including phenoxy) is 4. The van der Waals surface area contributed by atoms with Crippen LogP contribution in [0.4, 0.5) is 0 Å². The molecule has 0 aromatic carbocycles. The fraction of sp³-hybridized carbons (Fsp3) is 0.964. The Labute approximate surface area is 201 Å². The number of rotatable bonds is 8. The first-order valence-corrected chi connectivity index (χ1v) is 13.6. The summed E-state index contributed by atoms with van der Waals surface area (Å²) >= 11 is 0. The second-order valence-electron chi connectivity index (χ2n) is 12.2. The van der Waals surface area contributed by atoms with Crippen molar-refractivity contribution in [3.05, 3.63) is 0 Å². The zero-order chi connectivity index (χ0) is 23.8. The number of hydrogen-bond donors (Lipinski definition) is 0. The summed E-state index contributed by atoms with van der Waals surface area (Å²) in [5.74, 6) is 3.89. The highest BCUT2D eigenvalue weighted by atomic mass is 16.8. The minimum atomic E-state index is -0.576. The van der Waals surface area contributed by atoms with E-state index in [2.05, 4.69) is 20.8 Å². The van der Waals surface area contributed by atoms with Gasteiger partial charge in [-0.15, -0.1) is 0 Å². The van der Waals surface area contributed by atoms with Crippen molar-refractivity contribution < 1.29 is 23.7 Å². The van der Waals surface area contributed by atoms with Gasteiger partial charge in [0.25, 0.3) is 6.48 Å². The summed E-state index contributed by atoms with van der Waals surface area (Å²) in [6.07, 6.45) is 13.5. The third-order valence-electron chi connectivity index (χ3n) is 11.0. The SMILES string of the molecule is COC(=O)CC[C@@H](C)[C@H]1CC[C@H]2[C@@H]3[C@@H](OC(OC)OC)C[C@@H]4CCCC[C@]4(C)[C@H]3CC[C@]12C. The van der Waals surface area contributed by atoms with Crippen LogP contribution < -0.4 is 0 Å². The molecule has 4 rings (SSSR count). The van der Waals surface area contributed by atoms with Gasteiger partial charge in [-0.1, -0.05) is 33.6 Å². The van der Waals surface area contributed by atoms with E-state index in [1.165, 1.54) is 58.5 Å². The van der Waals surface area contributed by atoms with Crippen LogP contribution in [0.15, 0.2) is 0 Å². The van der Waals surface area contributed by atoms with E-state index in [0.29, 0.717) is 40.9 Å². The first-order valence-electron chi connectivity index (χ1n) is 13.6. The molecule has 4 aliphatic carbocycles. The summed E-state index contributed by atoms with van der Waals surface area (Å²) < 4.78 is 22.5. The number of carbonyl (C=O) groups is 1. The zero-order valence-corrected chi connectivity index (χ0v) is 21.9. The zero-order valence-electron chi connectivity index (χ0n) is 21.9. The minimum absolute atomic E-state index is 0.0764. The third kappa shape index (κ3) is 4.51. The summed E-state index contributed by atoms with van der Waals surface area (Å²) in [6.45, 7) is 6.97. The molecule has 4 aliphatic rings. The van der Waals surface area contributed by atoms with Gasteiger partial charge in [0.1, 0.15) is 0 Å². The molecule has 0 spiro atoms. The third-order valence-corrected chi connectivity index (χ3v) is 11.0. The van der Waals surface area contributed by atoms with Crippen LogP contribution in [0.25, 0.3) is 0 Å². The van der Waals surface area contributed by atoms with Gasteiger partial charge in [-0.05, 0) is 97.7 Å². The van der Waals surface area contributed by atoms with E-state index in [-0.39, 0.29) is 12.1 Å². The summed E-state index contributed by atoms with van der Waals surface area (Å²) in [5, 5.41) is 0. The van der Waals surface area contributed by atoms with Gasteiger partial charge in [-0.3, -0.25) is 4.79 Å². The number of esters is 1. The first-order chi connectivity index (χ1) is 15.8. The van der Waals surface area contributed by atoms with Crippen molar-refractivity contribution in [1.82, 2.24) is 0 Å². The highest BCUT2D eigenvalue weighted by Crippen LogP contribution is 2.68. The molecule has 0 N–H and O–H groups in total. The van der Waals surface area contributed by atoms with Crippen LogP contribution in [-0.2, 0) is 23.7 Å². The van der Waals surface area contributed by atoms with Crippen molar-refractivity contribution in [2.24, 2.45) is 46.3 Å². The van der Waals surface area contributed by atoms with Crippen LogP contribution in [0.1, 0.15) is 91.4 Å². The highest BCUT2D eigenvalue weighted by molar-refractivity contribution is 5.69. The topological polar surface area (TPSA) is 54.0 Å². The van der Waals surface area contributed by atoms with Crippen LogP contribution in [-0.4, -0.2) is 39.9 Å². The Hall–Kier alpha value is -0.650. The van der Waals surface area contributed by atoms with Gasteiger partial charge < -0.3 is 18.9 Å². The fourth-order valence-electron chi connectivity index (χ4n) is 9.35. The Kier molecular flexibility index (Phi) is 7.82. The summed E-state index contributed by atoms with van der Waals surface area (Å²) in [5.41, 5.74) is 0.778. The van der Waals surface area contributed by atoms with E-state index in [9.17, 15) is 4.79 Å². The van der Waals surface area contributed by atoms with Crippen LogP contribution >= 0.6 is 0 Å². The van der Waals surface area contributed by atoms with Crippen LogP contribution in [0.5, 0.6) is 0 Å². The Morgan fingerprint density at radius 2 is 1.67 bits per heavy atom. The maximum atomic E-state index is 11.8. The van der Waals surface area contributed by atoms with E-state index in [4.69, 9.17) is 18.9 Å². The highest BCUT2D eigenvalue weighted by Gasteiger charge is 2.63. The largest absolute Gasteiger partial charge is 0.469 e. The number of methoxy groups -OCH3 is 3. The molecule has 0 radical (unpaired) electrons. The normalized spacial score (nSPS) is 43.5. The Morgan fingerprint density at radius 1 is 0.939 bits per heavy atom. The molecule has 5 heteroatoms. The van der Waals surface area contributed by atoms with E-state index < -0.39 is 6.48 Å². The maximum Gasteiger partial charge on any atom is 0.305 e. The lowest BCUT2D eigenvalue weighted by molar-refractivity contribution is -0.313. The second-order valence-corrected chi connectivity index (χ2v) is 12.2. The van der Waals surface area contributed by atoms with E-state index in [1.807, 2.05) is 0 Å². The summed E-state index contributed by atoms with van der Waals surface area (Å²) in [4.78, 5) is 11.8. The van der Waals surface area contributed by atoms with Gasteiger partial charge in [0.15, 0.2) is 0 Å². The molecule has 0 bridgehead atoms. The molecule has 0 heterocycles. The van der Waals surface area contributed by atoms with Gasteiger partial charge in [0, 0.05) is 20.6 Å². The fourth-order valence-corrected chi connectivity index (χ4v) is 9.35. The van der Waals surface area contributed by atoms with Crippen molar-refractivity contribution in [1.29, 1.82) is 0 Å². The maximum absolute atomic E-state index is 11.8. The Morgan fingerprint density at radius 3 is 2.36 bits per heavy atom. The molecule has 0 unspecified atom stereocenters. The molecular formula is C28H48O5. The van der Waals surface area contributed by atoms with E-state index >= 15 is 0 Å². The average molecular weight is 465 g/mol. The Bertz CT molecular complexity index is 677. The predicted molar refractivity (Wildman–Crippen MR) is 128 cm³/mol. The van der Waals surface area contributed by atoms with Gasteiger partial charge in [0.05, 0.1) is 13.2 Å². The van der Waals surface area contributed by atoms with Crippen molar-refractivity contribution in [2.75, 3.05) is 21.3 Å². The lowest BCUT2D eigenvalue weighted by Gasteiger charge is -2.62. The molecule has 0 amide bonds. The van der Waals surface area contributed by atoms with Crippen molar-refractivity contribution in [3.8, 4) is 0 Å². The van der Waals surface area contributed by atoms with Crippen molar-refractivity contribution in [2.45, 2.75) is 104 Å². The molecule has 0 aliphatic heterocycles. The number of hydrogen-bond acceptors (Lipinski definition) is 5. The smallest absolute Gasteiger partial charge is 0.305 e. The molecular weight excluding hydrogens is 416 g/mol. The lowest BCUT2D eigenvalue weighted by atomic mass is 9.44. The van der Waals surface area contributed by atoms with Gasteiger partial charge >= 0.3 is 5.97 Å². The predicted octanol–water partition coefficient (Wildman–Crippen LogP) is 6.20. The van der Waals surface area contributed by atoms with E-state index in [0.717, 1.165) is 24.7 Å². The molecule has 9 atom stereocenters. The van der Waals surface area contributed by atoms with Gasteiger partial charge in [-0.25, -0.2) is 0 Å². The van der Waals surface area contributed by atoms with Crippen LogP contribution in [0.3, 0.4) is 0 Å². The molecule has 4 fully saturated rings. The van der Waals surface area contributed by atoms with Crippen molar-refractivity contribution >= 4 is 5.97 Å². The lowest BCUT2D eigenvalue weighted by Crippen LogP contribution is -2.58. The standard InChI is InChI=1S/C28H48O5/c1-18(10-13-24(29)30-4)20-11-12-21-25-22(14-16-28(20,21)3)27(2)15-8-7-9-19(27)17-23(25)33-26(31-5)32-6/h18-23,25-26H,7-17H2,1-6H3/t18-,19+,20-,21+,22+,23+,25+,27+,28-/m1/s1. The second kappa shape index (κ2) is 10.1. The first kappa shape index (κ1) is 25.4. The average Bonchev–Trinajstić information content (AvgIpc) is 3.17. The number of fused-ring (bicyclic) bond motifs is 5. The van der Waals surface area contributed by atoms with Crippen molar-refractivity contribution in [3.63, 3.8) is 0 Å². The molecule has 0 saturated heterocycles. The molecule has 190 valence electrons. The van der Waals surface area contributed by atoms with E-state index in [1.54, 1.807) is 14.2 Å². The molecule has 33 heavy (non-hydrogen) atoms. The monoisotopic (exact) mass is 464 g/mol. The van der Waals surface area contributed by atoms with Gasteiger partial charge in [-0.2, -0.15) is 0 Å². The van der Waals surface area contributed by atoms with Crippen LogP contribution in [0, 0.1) is 46.3 Å². The molecule has 5 nitrogen and oxygen atoms in total. The quantitative estimate of drug-likeness (QED) is 0.316. The minimum Gasteiger partial charge on any atom is -0.469 e.